The second-order valence-corrected chi connectivity index (χ2v) is 10.7. The molecule has 2 aliphatic rings. The normalized spacial score (nSPS) is 17.8. The van der Waals surface area contributed by atoms with Gasteiger partial charge in [0, 0.05) is 43.8 Å². The Labute approximate surface area is 189 Å². The second kappa shape index (κ2) is 9.28. The molecule has 4 rings (SSSR count). The molecule has 0 radical (unpaired) electrons. The summed E-state index contributed by atoms with van der Waals surface area (Å²) in [5, 5.41) is 0.500. The molecular formula is C23H28ClN3O3S. The molecule has 2 fully saturated rings. The van der Waals surface area contributed by atoms with Crippen LogP contribution in [0.15, 0.2) is 53.4 Å². The minimum absolute atomic E-state index is 0.0718. The van der Waals surface area contributed by atoms with Gasteiger partial charge < -0.3 is 4.90 Å². The summed E-state index contributed by atoms with van der Waals surface area (Å²) in [6, 6.07) is 15.1. The van der Waals surface area contributed by atoms with Crippen LogP contribution >= 0.6 is 11.6 Å². The average molecular weight is 462 g/mol. The minimum atomic E-state index is -3.57. The minimum Gasteiger partial charge on any atom is -0.339 e. The molecule has 31 heavy (non-hydrogen) atoms. The van der Waals surface area contributed by atoms with Gasteiger partial charge in [-0.3, -0.25) is 9.69 Å². The van der Waals surface area contributed by atoms with Crippen LogP contribution < -0.4 is 0 Å². The second-order valence-electron chi connectivity index (χ2n) is 8.36. The average Bonchev–Trinajstić information content (AvgIpc) is 3.60. The lowest BCUT2D eigenvalue weighted by Crippen LogP contribution is -2.52. The fourth-order valence-electron chi connectivity index (χ4n) is 3.89. The molecule has 1 saturated heterocycles. The lowest BCUT2D eigenvalue weighted by Gasteiger charge is -2.35. The molecule has 0 spiro atoms. The Morgan fingerprint density at radius 1 is 1.00 bits per heavy atom. The van der Waals surface area contributed by atoms with Crippen molar-refractivity contribution in [3.8, 4) is 0 Å². The van der Waals surface area contributed by atoms with Crippen molar-refractivity contribution in [2.45, 2.75) is 37.2 Å². The lowest BCUT2D eigenvalue weighted by atomic mass is 10.1. The van der Waals surface area contributed by atoms with Crippen LogP contribution in [0.25, 0.3) is 0 Å². The number of nitrogens with zero attached hydrogens (tertiary/aromatic N) is 3. The molecule has 0 N–H and O–H groups in total. The van der Waals surface area contributed by atoms with Crippen LogP contribution in [0.1, 0.15) is 24.0 Å². The zero-order valence-corrected chi connectivity index (χ0v) is 19.3. The van der Waals surface area contributed by atoms with Gasteiger partial charge in [0.15, 0.2) is 0 Å². The van der Waals surface area contributed by atoms with Gasteiger partial charge >= 0.3 is 0 Å². The Balaban J connectivity index is 1.34. The lowest BCUT2D eigenvalue weighted by molar-refractivity contribution is -0.133. The Morgan fingerprint density at radius 3 is 2.19 bits per heavy atom. The van der Waals surface area contributed by atoms with Gasteiger partial charge in [-0.2, -0.15) is 4.31 Å². The number of hydrogen-bond donors (Lipinski definition) is 0. The Morgan fingerprint density at radius 2 is 1.61 bits per heavy atom. The zero-order valence-electron chi connectivity index (χ0n) is 17.7. The molecule has 6 nitrogen and oxygen atoms in total. The van der Waals surface area contributed by atoms with Crippen molar-refractivity contribution < 1.29 is 13.2 Å². The van der Waals surface area contributed by atoms with E-state index in [4.69, 9.17) is 11.6 Å². The predicted molar refractivity (Wildman–Crippen MR) is 121 cm³/mol. The zero-order chi connectivity index (χ0) is 22.0. The number of sulfonamides is 1. The maximum Gasteiger partial charge on any atom is 0.243 e. The van der Waals surface area contributed by atoms with Gasteiger partial charge in [0.2, 0.25) is 15.9 Å². The topological polar surface area (TPSA) is 60.9 Å². The van der Waals surface area contributed by atoms with Gasteiger partial charge in [0.1, 0.15) is 0 Å². The molecule has 0 atom stereocenters. The first-order valence-corrected chi connectivity index (χ1v) is 12.5. The highest BCUT2D eigenvalue weighted by atomic mass is 35.5. The Hall–Kier alpha value is -1.93. The number of halogens is 1. The van der Waals surface area contributed by atoms with E-state index in [0.29, 0.717) is 43.8 Å². The van der Waals surface area contributed by atoms with E-state index >= 15 is 0 Å². The third-order valence-corrected chi connectivity index (χ3v) is 8.12. The van der Waals surface area contributed by atoms with Crippen LogP contribution in [-0.2, 0) is 21.4 Å². The highest BCUT2D eigenvalue weighted by Gasteiger charge is 2.34. The summed E-state index contributed by atoms with van der Waals surface area (Å²) in [4.78, 5) is 17.2. The van der Waals surface area contributed by atoms with E-state index in [9.17, 15) is 13.2 Å². The van der Waals surface area contributed by atoms with E-state index in [2.05, 4.69) is 36.1 Å². The van der Waals surface area contributed by atoms with Crippen LogP contribution in [0.4, 0.5) is 0 Å². The number of benzene rings is 2. The van der Waals surface area contributed by atoms with Crippen molar-refractivity contribution in [1.82, 2.24) is 14.1 Å². The molecule has 2 aromatic rings. The van der Waals surface area contributed by atoms with Gasteiger partial charge in [-0.15, -0.1) is 0 Å². The van der Waals surface area contributed by atoms with Gasteiger partial charge in [-0.05, 0) is 49.6 Å². The summed E-state index contributed by atoms with van der Waals surface area (Å²) in [5.74, 6) is 0.0718. The monoisotopic (exact) mass is 461 g/mol. The smallest absolute Gasteiger partial charge is 0.243 e. The molecule has 0 unspecified atom stereocenters. The van der Waals surface area contributed by atoms with E-state index in [1.807, 2.05) is 0 Å². The Kier molecular flexibility index (Phi) is 6.67. The molecule has 166 valence electrons. The van der Waals surface area contributed by atoms with E-state index in [1.54, 1.807) is 17.0 Å². The van der Waals surface area contributed by atoms with Crippen LogP contribution in [0.3, 0.4) is 0 Å². The van der Waals surface area contributed by atoms with Crippen LogP contribution in [-0.4, -0.2) is 67.2 Å². The van der Waals surface area contributed by atoms with Crippen molar-refractivity contribution in [1.29, 1.82) is 0 Å². The highest BCUT2D eigenvalue weighted by Crippen LogP contribution is 2.28. The molecular weight excluding hydrogens is 434 g/mol. The number of rotatable bonds is 7. The van der Waals surface area contributed by atoms with Gasteiger partial charge in [0.25, 0.3) is 0 Å². The van der Waals surface area contributed by atoms with Gasteiger partial charge in [-0.1, -0.05) is 41.4 Å². The Bertz CT molecular complexity index is 1010. The molecule has 2 aromatic carbocycles. The first-order valence-electron chi connectivity index (χ1n) is 10.7. The summed E-state index contributed by atoms with van der Waals surface area (Å²) in [6.45, 7) is 4.64. The number of amides is 1. The van der Waals surface area contributed by atoms with E-state index < -0.39 is 10.0 Å². The van der Waals surface area contributed by atoms with Crippen molar-refractivity contribution in [2.75, 3.05) is 32.7 Å². The molecule has 0 bridgehead atoms. The maximum absolute atomic E-state index is 13.0. The standard InChI is InChI=1S/C23H28ClN3O3S/c1-18-2-4-19(5-3-18)16-26(21-8-9-21)17-23(28)25-12-14-27(15-13-25)31(29,30)22-10-6-20(24)7-11-22/h2-7,10-11,21H,8-9,12-17H2,1H3. The number of carbonyl (C=O) groups is 1. The summed E-state index contributed by atoms with van der Waals surface area (Å²) >= 11 is 5.87. The number of carbonyl (C=O) groups excluding carboxylic acids is 1. The quantitative estimate of drug-likeness (QED) is 0.635. The summed E-state index contributed by atoms with van der Waals surface area (Å²) in [7, 11) is -3.57. The van der Waals surface area contributed by atoms with E-state index in [0.717, 1.165) is 19.4 Å². The van der Waals surface area contributed by atoms with Gasteiger partial charge in [0.05, 0.1) is 11.4 Å². The largest absolute Gasteiger partial charge is 0.339 e. The fraction of sp³-hybridized carbons (Fsp3) is 0.435. The molecule has 1 aliphatic carbocycles. The summed E-state index contributed by atoms with van der Waals surface area (Å²) < 4.78 is 27.1. The van der Waals surface area contributed by atoms with Crippen molar-refractivity contribution in [3.63, 3.8) is 0 Å². The maximum atomic E-state index is 13.0. The molecule has 1 heterocycles. The molecule has 1 aliphatic heterocycles. The molecule has 1 amide bonds. The van der Waals surface area contributed by atoms with Crippen LogP contribution in [0.5, 0.6) is 0 Å². The first kappa shape index (κ1) is 22.3. The van der Waals surface area contributed by atoms with Crippen molar-refractivity contribution in [3.05, 3.63) is 64.7 Å². The third kappa shape index (κ3) is 5.47. The van der Waals surface area contributed by atoms with Crippen molar-refractivity contribution >= 4 is 27.5 Å². The molecule has 1 saturated carbocycles. The van der Waals surface area contributed by atoms with E-state index in [-0.39, 0.29) is 10.8 Å². The number of aryl methyl sites for hydroxylation is 1. The third-order valence-electron chi connectivity index (χ3n) is 5.95. The first-order chi connectivity index (χ1) is 14.8. The predicted octanol–water partition coefficient (Wildman–Crippen LogP) is 3.15. The van der Waals surface area contributed by atoms with Crippen LogP contribution in [0, 0.1) is 6.92 Å². The number of piperazine rings is 1. The van der Waals surface area contributed by atoms with Crippen LogP contribution in [0.2, 0.25) is 5.02 Å². The fourth-order valence-corrected chi connectivity index (χ4v) is 5.44. The summed E-state index contributed by atoms with van der Waals surface area (Å²) in [5.41, 5.74) is 2.44. The number of hydrogen-bond acceptors (Lipinski definition) is 4. The highest BCUT2D eigenvalue weighted by molar-refractivity contribution is 7.89. The molecule has 8 heteroatoms. The summed E-state index contributed by atoms with van der Waals surface area (Å²) in [6.07, 6.45) is 2.26. The van der Waals surface area contributed by atoms with Gasteiger partial charge in [-0.25, -0.2) is 8.42 Å². The SMILES string of the molecule is Cc1ccc(CN(CC(=O)N2CCN(S(=O)(=O)c3ccc(Cl)cc3)CC2)C2CC2)cc1. The van der Waals surface area contributed by atoms with E-state index in [1.165, 1.54) is 27.6 Å². The molecule has 0 aromatic heterocycles. The van der Waals surface area contributed by atoms with Crippen molar-refractivity contribution in [2.24, 2.45) is 0 Å².